The predicted molar refractivity (Wildman–Crippen MR) is 87.3 cm³/mol. The lowest BCUT2D eigenvalue weighted by molar-refractivity contribution is -0.294. The summed E-state index contributed by atoms with van der Waals surface area (Å²) in [7, 11) is -5.00. The van der Waals surface area contributed by atoms with Crippen molar-refractivity contribution in [3.05, 3.63) is 0 Å². The van der Waals surface area contributed by atoms with E-state index in [0.717, 1.165) is 6.92 Å². The third kappa shape index (κ3) is 7.26. The zero-order chi connectivity index (χ0) is 21.6. The summed E-state index contributed by atoms with van der Waals surface area (Å²) in [6.07, 6.45) is -11.7. The molecule has 1 aliphatic heterocycles. The summed E-state index contributed by atoms with van der Waals surface area (Å²) in [4.78, 5) is 29.0. The molecule has 28 heavy (non-hydrogen) atoms. The number of aliphatic hydroxyl groups is 6. The van der Waals surface area contributed by atoms with Gasteiger partial charge in [0, 0.05) is 6.92 Å². The van der Waals surface area contributed by atoms with Gasteiger partial charge in [0.2, 0.25) is 5.91 Å². The molecule has 166 valence electrons. The van der Waals surface area contributed by atoms with Gasteiger partial charge >= 0.3 is 7.82 Å². The highest BCUT2D eigenvalue weighted by atomic mass is 31.2. The van der Waals surface area contributed by atoms with E-state index in [9.17, 15) is 34.9 Å². The van der Waals surface area contributed by atoms with E-state index in [4.69, 9.17) is 24.4 Å². The third-order valence-electron chi connectivity index (χ3n) is 3.93. The zero-order valence-corrected chi connectivity index (χ0v) is 15.7. The Balaban J connectivity index is 3.07. The molecule has 0 radical (unpaired) electrons. The highest BCUT2D eigenvalue weighted by Gasteiger charge is 2.47. The second-order valence-corrected chi connectivity index (χ2v) is 7.37. The molecular formula is C13H26NO13P. The average Bonchev–Trinajstić information content (AvgIpc) is 2.61. The number of rotatable bonds is 10. The molecule has 1 rings (SSSR count). The molecule has 8 atom stereocenters. The average molecular weight is 435 g/mol. The van der Waals surface area contributed by atoms with Gasteiger partial charge in [-0.15, -0.1) is 0 Å². The minimum atomic E-state index is -5.00. The summed E-state index contributed by atoms with van der Waals surface area (Å²) in [5.74, 6) is -0.658. The minimum absolute atomic E-state index is 0.658. The molecular weight excluding hydrogens is 409 g/mol. The molecule has 1 fully saturated rings. The Bertz CT molecular complexity index is 545. The van der Waals surface area contributed by atoms with Gasteiger partial charge in [-0.1, -0.05) is 0 Å². The van der Waals surface area contributed by atoms with Crippen molar-refractivity contribution in [1.82, 2.24) is 5.32 Å². The summed E-state index contributed by atoms with van der Waals surface area (Å²) >= 11 is 0. The Hall–Kier alpha value is -0.740. The maximum atomic E-state index is 11.4. The number of phosphoric acid groups is 1. The van der Waals surface area contributed by atoms with Gasteiger partial charge in [0.05, 0.1) is 19.8 Å². The summed E-state index contributed by atoms with van der Waals surface area (Å²) in [5.41, 5.74) is 0. The number of aliphatic hydroxyl groups excluding tert-OH is 6. The van der Waals surface area contributed by atoms with Crippen LogP contribution >= 0.6 is 7.82 Å². The van der Waals surface area contributed by atoms with E-state index >= 15 is 0 Å². The number of ether oxygens (including phenoxy) is 2. The van der Waals surface area contributed by atoms with Gasteiger partial charge in [-0.3, -0.25) is 9.32 Å². The van der Waals surface area contributed by atoms with Crippen LogP contribution in [0.1, 0.15) is 6.92 Å². The Morgan fingerprint density at radius 1 is 1.21 bits per heavy atom. The first kappa shape index (κ1) is 25.3. The maximum absolute atomic E-state index is 11.4. The molecule has 0 aromatic heterocycles. The fourth-order valence-corrected chi connectivity index (χ4v) is 2.84. The van der Waals surface area contributed by atoms with Crippen molar-refractivity contribution >= 4 is 13.7 Å². The lowest BCUT2D eigenvalue weighted by Crippen LogP contribution is -2.65. The van der Waals surface area contributed by atoms with Crippen molar-refractivity contribution in [3.8, 4) is 0 Å². The molecule has 0 bridgehead atoms. The topological polar surface area (TPSA) is 236 Å². The van der Waals surface area contributed by atoms with Gasteiger partial charge in [0.1, 0.15) is 42.7 Å². The molecule has 1 aliphatic rings. The van der Waals surface area contributed by atoms with E-state index in [0.29, 0.717) is 0 Å². The van der Waals surface area contributed by atoms with Crippen LogP contribution in [0.5, 0.6) is 0 Å². The van der Waals surface area contributed by atoms with E-state index in [1.54, 1.807) is 0 Å². The second-order valence-electron chi connectivity index (χ2n) is 6.13. The lowest BCUT2D eigenvalue weighted by Gasteiger charge is -2.43. The first-order chi connectivity index (χ1) is 12.9. The number of carbonyl (C=O) groups excluding carboxylic acids is 1. The van der Waals surface area contributed by atoms with E-state index in [-0.39, 0.29) is 0 Å². The predicted octanol–water partition coefficient (Wildman–Crippen LogP) is -4.86. The smallest absolute Gasteiger partial charge is 0.394 e. The van der Waals surface area contributed by atoms with Crippen LogP contribution in [0.25, 0.3) is 0 Å². The van der Waals surface area contributed by atoms with Gasteiger partial charge < -0.3 is 55.2 Å². The molecule has 8 unspecified atom stereocenters. The highest BCUT2D eigenvalue weighted by molar-refractivity contribution is 7.46. The van der Waals surface area contributed by atoms with Crippen LogP contribution in [0.2, 0.25) is 0 Å². The van der Waals surface area contributed by atoms with Crippen molar-refractivity contribution in [2.45, 2.75) is 55.9 Å². The van der Waals surface area contributed by atoms with Crippen LogP contribution in [0.4, 0.5) is 0 Å². The molecule has 0 spiro atoms. The van der Waals surface area contributed by atoms with Crippen LogP contribution < -0.4 is 5.32 Å². The largest absolute Gasteiger partial charge is 0.469 e. The summed E-state index contributed by atoms with van der Waals surface area (Å²) in [5, 5.41) is 60.2. The molecule has 1 heterocycles. The number of phosphoric ester groups is 1. The van der Waals surface area contributed by atoms with Crippen LogP contribution in [0.3, 0.4) is 0 Å². The Morgan fingerprint density at radius 2 is 1.82 bits per heavy atom. The zero-order valence-electron chi connectivity index (χ0n) is 14.8. The summed E-state index contributed by atoms with van der Waals surface area (Å²) in [6, 6.07) is -1.41. The van der Waals surface area contributed by atoms with Gasteiger partial charge in [-0.25, -0.2) is 4.57 Å². The van der Waals surface area contributed by atoms with Gasteiger partial charge in [0.25, 0.3) is 0 Å². The second kappa shape index (κ2) is 10.9. The van der Waals surface area contributed by atoms with Crippen molar-refractivity contribution in [2.24, 2.45) is 0 Å². The van der Waals surface area contributed by atoms with Gasteiger partial charge in [0.15, 0.2) is 6.29 Å². The molecule has 1 saturated heterocycles. The highest BCUT2D eigenvalue weighted by Crippen LogP contribution is 2.36. The SMILES string of the molecule is CC(=O)NC1C(OC(COP(=O)(O)O)C(O)C(O)CO)OC(CO)C(O)C1O. The number of hydrogen-bond acceptors (Lipinski definition) is 11. The lowest BCUT2D eigenvalue weighted by atomic mass is 9.96. The molecule has 0 aromatic carbocycles. The van der Waals surface area contributed by atoms with E-state index in [1.807, 2.05) is 0 Å². The molecule has 0 aromatic rings. The fourth-order valence-electron chi connectivity index (χ4n) is 2.50. The van der Waals surface area contributed by atoms with Gasteiger partial charge in [-0.05, 0) is 0 Å². The van der Waals surface area contributed by atoms with E-state index in [2.05, 4.69) is 9.84 Å². The third-order valence-corrected chi connectivity index (χ3v) is 4.41. The monoisotopic (exact) mass is 435 g/mol. The van der Waals surface area contributed by atoms with Crippen LogP contribution in [-0.4, -0.2) is 115 Å². The minimum Gasteiger partial charge on any atom is -0.394 e. The molecule has 1 amide bonds. The van der Waals surface area contributed by atoms with Crippen LogP contribution in [0, 0.1) is 0 Å². The fraction of sp³-hybridized carbons (Fsp3) is 0.923. The summed E-state index contributed by atoms with van der Waals surface area (Å²) < 4.78 is 25.8. The molecule has 0 aliphatic carbocycles. The Morgan fingerprint density at radius 3 is 2.29 bits per heavy atom. The van der Waals surface area contributed by atoms with E-state index < -0.39 is 82.5 Å². The van der Waals surface area contributed by atoms with E-state index in [1.165, 1.54) is 0 Å². The first-order valence-electron chi connectivity index (χ1n) is 8.13. The number of carbonyl (C=O) groups is 1. The molecule has 15 heteroatoms. The van der Waals surface area contributed by atoms with Crippen LogP contribution in [0.15, 0.2) is 0 Å². The quantitative estimate of drug-likeness (QED) is 0.147. The Labute approximate surface area is 159 Å². The molecule has 0 saturated carbocycles. The summed E-state index contributed by atoms with van der Waals surface area (Å²) in [6.45, 7) is -1.57. The van der Waals surface area contributed by atoms with Crippen LogP contribution in [-0.2, 0) is 23.4 Å². The Kier molecular flexibility index (Phi) is 9.82. The first-order valence-corrected chi connectivity index (χ1v) is 9.66. The number of nitrogens with one attached hydrogen (secondary N) is 1. The molecule has 9 N–H and O–H groups in total. The molecule has 14 nitrogen and oxygen atoms in total. The van der Waals surface area contributed by atoms with Crippen molar-refractivity contribution < 1.29 is 63.8 Å². The number of amides is 1. The van der Waals surface area contributed by atoms with Gasteiger partial charge in [-0.2, -0.15) is 0 Å². The van der Waals surface area contributed by atoms with Crippen molar-refractivity contribution in [2.75, 3.05) is 19.8 Å². The van der Waals surface area contributed by atoms with Crippen molar-refractivity contribution in [1.29, 1.82) is 0 Å². The standard InChI is InChI=1S/C13H26NO13P/c1-5(17)14-9-12(21)11(20)7(3-16)26-13(9)27-8(4-25-28(22,23)24)10(19)6(18)2-15/h6-13,15-16,18-21H,2-4H2,1H3,(H,14,17)(H2,22,23,24). The number of hydrogen-bond donors (Lipinski definition) is 9. The van der Waals surface area contributed by atoms with Crippen molar-refractivity contribution in [3.63, 3.8) is 0 Å². The maximum Gasteiger partial charge on any atom is 0.469 e. The normalized spacial score (nSPS) is 31.8.